The van der Waals surface area contributed by atoms with Gasteiger partial charge in [-0.15, -0.1) is 0 Å². The molecule has 0 radical (unpaired) electrons. The molecule has 1 amide bonds. The molecule has 1 fully saturated rings. The largest absolute Gasteiger partial charge is 0.444 e. The van der Waals surface area contributed by atoms with Gasteiger partial charge in [-0.3, -0.25) is 4.84 Å². The number of ether oxygens (including phenoxy) is 1. The number of hydrogen-bond acceptors (Lipinski definition) is 4. The van der Waals surface area contributed by atoms with E-state index in [1.807, 2.05) is 20.8 Å². The molecule has 0 bridgehead atoms. The highest BCUT2D eigenvalue weighted by Crippen LogP contribution is 2.09. The molecule has 0 aromatic carbocycles. The molecule has 0 saturated carbocycles. The zero-order chi connectivity index (χ0) is 10.6. The average Bonchev–Trinajstić information content (AvgIpc) is 2.27. The number of nitrogens with one attached hydrogen (secondary N) is 1. The molecule has 1 saturated heterocycles. The Morgan fingerprint density at radius 1 is 1.43 bits per heavy atom. The van der Waals surface area contributed by atoms with Gasteiger partial charge in [0, 0.05) is 19.6 Å². The second kappa shape index (κ2) is 4.61. The molecule has 1 rings (SSSR count). The number of hydroxylamine groups is 1. The van der Waals surface area contributed by atoms with Crippen LogP contribution in [0.15, 0.2) is 0 Å². The Morgan fingerprint density at radius 3 is 2.79 bits per heavy atom. The molecule has 0 atom stereocenters. The molecule has 14 heavy (non-hydrogen) atoms. The zero-order valence-corrected chi connectivity index (χ0v) is 9.00. The van der Waals surface area contributed by atoms with Crippen molar-refractivity contribution >= 4 is 6.09 Å². The summed E-state index contributed by atoms with van der Waals surface area (Å²) in [5.74, 6) is 0. The smallest absolute Gasteiger partial charge is 0.410 e. The second-order valence-corrected chi connectivity index (χ2v) is 4.21. The van der Waals surface area contributed by atoms with E-state index in [2.05, 4.69) is 5.48 Å². The number of rotatable bonds is 0. The van der Waals surface area contributed by atoms with Gasteiger partial charge in [0.1, 0.15) is 5.60 Å². The number of carbonyl (C=O) groups excluding carboxylic acids is 1. The first kappa shape index (κ1) is 11.3. The van der Waals surface area contributed by atoms with Crippen LogP contribution < -0.4 is 5.48 Å². The molecule has 0 aliphatic carbocycles. The highest BCUT2D eigenvalue weighted by molar-refractivity contribution is 5.68. The first-order valence-corrected chi connectivity index (χ1v) is 4.81. The van der Waals surface area contributed by atoms with E-state index >= 15 is 0 Å². The van der Waals surface area contributed by atoms with Crippen LogP contribution in [-0.2, 0) is 9.57 Å². The van der Waals surface area contributed by atoms with Gasteiger partial charge in [0.25, 0.3) is 0 Å². The summed E-state index contributed by atoms with van der Waals surface area (Å²) in [6.07, 6.45) is -0.273. The van der Waals surface area contributed by atoms with Crippen LogP contribution in [0.4, 0.5) is 4.79 Å². The predicted octanol–water partition coefficient (Wildman–Crippen LogP) is 0.758. The van der Waals surface area contributed by atoms with Gasteiger partial charge in [0.15, 0.2) is 0 Å². The van der Waals surface area contributed by atoms with Gasteiger partial charge in [-0.05, 0) is 20.8 Å². The molecule has 0 unspecified atom stereocenters. The van der Waals surface area contributed by atoms with Crippen LogP contribution in [0.3, 0.4) is 0 Å². The van der Waals surface area contributed by atoms with Crippen molar-refractivity contribution in [3.63, 3.8) is 0 Å². The predicted molar refractivity (Wildman–Crippen MR) is 51.8 cm³/mol. The summed E-state index contributed by atoms with van der Waals surface area (Å²) < 4.78 is 5.24. The van der Waals surface area contributed by atoms with Crippen molar-refractivity contribution in [3.8, 4) is 0 Å². The number of carbonyl (C=O) groups is 1. The minimum atomic E-state index is -0.433. The summed E-state index contributed by atoms with van der Waals surface area (Å²) in [4.78, 5) is 18.2. The van der Waals surface area contributed by atoms with Crippen LogP contribution in [0, 0.1) is 0 Å². The highest BCUT2D eigenvalue weighted by Gasteiger charge is 2.22. The third-order valence-corrected chi connectivity index (χ3v) is 1.70. The molecule has 1 N–H and O–H groups in total. The summed E-state index contributed by atoms with van der Waals surface area (Å²) in [6, 6.07) is 0. The van der Waals surface area contributed by atoms with E-state index in [1.165, 1.54) is 0 Å². The Morgan fingerprint density at radius 2 is 2.14 bits per heavy atom. The summed E-state index contributed by atoms with van der Waals surface area (Å²) in [5.41, 5.74) is 2.31. The highest BCUT2D eigenvalue weighted by atomic mass is 16.6. The van der Waals surface area contributed by atoms with Crippen LogP contribution in [0.25, 0.3) is 0 Å². The summed E-state index contributed by atoms with van der Waals surface area (Å²) in [7, 11) is 0. The number of nitrogens with zero attached hydrogens (tertiary/aromatic N) is 1. The lowest BCUT2D eigenvalue weighted by atomic mass is 10.2. The molecule has 1 aliphatic rings. The van der Waals surface area contributed by atoms with Crippen LogP contribution in [0.2, 0.25) is 0 Å². The van der Waals surface area contributed by atoms with Crippen molar-refractivity contribution in [1.29, 1.82) is 0 Å². The maximum absolute atomic E-state index is 11.6. The average molecular weight is 202 g/mol. The maximum atomic E-state index is 11.6. The fourth-order valence-corrected chi connectivity index (χ4v) is 1.10. The molecule has 0 spiro atoms. The van der Waals surface area contributed by atoms with Gasteiger partial charge < -0.3 is 9.64 Å². The van der Waals surface area contributed by atoms with E-state index < -0.39 is 5.60 Å². The van der Waals surface area contributed by atoms with Gasteiger partial charge in [-0.1, -0.05) is 0 Å². The lowest BCUT2D eigenvalue weighted by molar-refractivity contribution is 0.0221. The van der Waals surface area contributed by atoms with Crippen LogP contribution >= 0.6 is 0 Å². The molecule has 1 heterocycles. The minimum Gasteiger partial charge on any atom is -0.444 e. The van der Waals surface area contributed by atoms with E-state index in [0.29, 0.717) is 26.2 Å². The van der Waals surface area contributed by atoms with Gasteiger partial charge in [0.05, 0.1) is 6.61 Å². The van der Waals surface area contributed by atoms with Crippen LogP contribution in [0.1, 0.15) is 20.8 Å². The Kier molecular flexibility index (Phi) is 3.71. The zero-order valence-electron chi connectivity index (χ0n) is 9.00. The Bertz CT molecular complexity index is 193. The van der Waals surface area contributed by atoms with Gasteiger partial charge in [-0.25, -0.2) is 10.3 Å². The van der Waals surface area contributed by atoms with Crippen molar-refractivity contribution in [2.24, 2.45) is 0 Å². The molecule has 0 aromatic rings. The third-order valence-electron chi connectivity index (χ3n) is 1.70. The normalized spacial score (nSPS) is 18.9. The van der Waals surface area contributed by atoms with Crippen molar-refractivity contribution < 1.29 is 14.4 Å². The SMILES string of the molecule is CC(C)(C)OC(=O)N1CCNOCC1. The van der Waals surface area contributed by atoms with Crippen LogP contribution in [-0.4, -0.2) is 42.8 Å². The van der Waals surface area contributed by atoms with Crippen molar-refractivity contribution in [1.82, 2.24) is 10.4 Å². The van der Waals surface area contributed by atoms with E-state index in [-0.39, 0.29) is 6.09 Å². The number of hydrogen-bond donors (Lipinski definition) is 1. The lowest BCUT2D eigenvalue weighted by Gasteiger charge is -2.25. The van der Waals surface area contributed by atoms with E-state index in [0.717, 1.165) is 0 Å². The first-order valence-electron chi connectivity index (χ1n) is 4.81. The van der Waals surface area contributed by atoms with Gasteiger partial charge >= 0.3 is 6.09 Å². The molecular weight excluding hydrogens is 184 g/mol. The Hall–Kier alpha value is -0.810. The molecular formula is C9H18N2O3. The van der Waals surface area contributed by atoms with Gasteiger partial charge in [0.2, 0.25) is 0 Å². The third kappa shape index (κ3) is 3.93. The fourth-order valence-electron chi connectivity index (χ4n) is 1.10. The maximum Gasteiger partial charge on any atom is 0.410 e. The van der Waals surface area contributed by atoms with Gasteiger partial charge in [-0.2, -0.15) is 0 Å². The molecule has 0 aromatic heterocycles. The summed E-state index contributed by atoms with van der Waals surface area (Å²) in [6.45, 7) is 7.90. The van der Waals surface area contributed by atoms with E-state index in [1.54, 1.807) is 4.90 Å². The van der Waals surface area contributed by atoms with E-state index in [9.17, 15) is 4.79 Å². The van der Waals surface area contributed by atoms with E-state index in [4.69, 9.17) is 9.57 Å². The topological polar surface area (TPSA) is 50.8 Å². The van der Waals surface area contributed by atoms with Crippen molar-refractivity contribution in [2.75, 3.05) is 26.2 Å². The fraction of sp³-hybridized carbons (Fsp3) is 0.889. The molecule has 1 aliphatic heterocycles. The quantitative estimate of drug-likeness (QED) is 0.630. The van der Waals surface area contributed by atoms with Crippen molar-refractivity contribution in [2.45, 2.75) is 26.4 Å². The Labute approximate surface area is 84.3 Å². The standard InChI is InChI=1S/C9H18N2O3/c1-9(2,3)14-8(12)11-5-4-10-13-7-6-11/h10H,4-7H2,1-3H3. The van der Waals surface area contributed by atoms with Crippen molar-refractivity contribution in [3.05, 3.63) is 0 Å². The molecule has 5 heteroatoms. The minimum absolute atomic E-state index is 0.273. The summed E-state index contributed by atoms with van der Waals surface area (Å²) >= 11 is 0. The Balaban J connectivity index is 2.42. The molecule has 82 valence electrons. The first-order chi connectivity index (χ1) is 6.49. The van der Waals surface area contributed by atoms with Crippen LogP contribution in [0.5, 0.6) is 0 Å². The summed E-state index contributed by atoms with van der Waals surface area (Å²) in [5, 5.41) is 0. The molecule has 5 nitrogen and oxygen atoms in total. The second-order valence-electron chi connectivity index (χ2n) is 4.21. The monoisotopic (exact) mass is 202 g/mol. The lowest BCUT2D eigenvalue weighted by Crippen LogP contribution is -2.39. The number of amides is 1.